The Morgan fingerprint density at radius 3 is 2.62 bits per heavy atom. The summed E-state index contributed by atoms with van der Waals surface area (Å²) in [5.41, 5.74) is 1.36. The molecule has 2 aliphatic heterocycles. The molecule has 9 nitrogen and oxygen atoms in total. The lowest BCUT2D eigenvalue weighted by Crippen LogP contribution is -2.53. The first-order valence-electron chi connectivity index (χ1n) is 11.1. The molecule has 0 aliphatic carbocycles. The largest absolute Gasteiger partial charge is 0.490 e. The number of carbonyl (C=O) groups excluding carboxylic acids is 3. The summed E-state index contributed by atoms with van der Waals surface area (Å²) < 4.78 is 12.1. The highest BCUT2D eigenvalue weighted by atomic mass is 35.5. The van der Waals surface area contributed by atoms with Gasteiger partial charge in [-0.1, -0.05) is 17.7 Å². The maximum atomic E-state index is 13.3. The number of urea groups is 1. The van der Waals surface area contributed by atoms with E-state index in [9.17, 15) is 14.4 Å². The normalized spacial score (nSPS) is 21.8. The van der Waals surface area contributed by atoms with E-state index in [-0.39, 0.29) is 43.1 Å². The minimum absolute atomic E-state index is 0.0792. The molecule has 0 unspecified atom stereocenters. The zero-order valence-electron chi connectivity index (χ0n) is 19.0. The number of anilines is 2. The molecule has 4 rings (SSSR count). The van der Waals surface area contributed by atoms with Crippen molar-refractivity contribution in [1.82, 2.24) is 10.2 Å². The molecule has 34 heavy (non-hydrogen) atoms. The van der Waals surface area contributed by atoms with Crippen LogP contribution in [0, 0.1) is 0 Å². The highest BCUT2D eigenvalue weighted by Crippen LogP contribution is 2.32. The van der Waals surface area contributed by atoms with E-state index in [1.54, 1.807) is 61.5 Å². The number of carbonyl (C=O) groups is 3. The van der Waals surface area contributed by atoms with Gasteiger partial charge in [-0.15, -0.1) is 0 Å². The van der Waals surface area contributed by atoms with Crippen molar-refractivity contribution in [3.63, 3.8) is 0 Å². The molecule has 1 fully saturated rings. The van der Waals surface area contributed by atoms with Crippen LogP contribution in [0.25, 0.3) is 0 Å². The fraction of sp³-hybridized carbons (Fsp3) is 0.375. The number of fused-ring (bicyclic) bond motifs is 2. The molecular weight excluding hydrogens is 460 g/mol. The highest BCUT2D eigenvalue weighted by molar-refractivity contribution is 6.30. The third-order valence-electron chi connectivity index (χ3n) is 6.04. The Balaban J connectivity index is 1.47. The molecule has 2 aromatic carbocycles. The summed E-state index contributed by atoms with van der Waals surface area (Å²) in [6, 6.07) is 11.1. The van der Waals surface area contributed by atoms with Gasteiger partial charge in [0, 0.05) is 30.5 Å². The standard InChI is InChI=1S/C24H27ClN4O5/c1-26-22(30)12-17-7-8-19-21(34-17)13-33-20-9-6-16(11-18(20)23(31)29(19)2)28-24(32)27-15-5-3-4-14(25)10-15/h3-6,9-11,17,19,21H,7-8,12-13H2,1-2H3,(H,26,30)(H2,27,28,32)/t17-,19+,21+/m0/s1. The molecule has 4 amide bonds. The van der Waals surface area contributed by atoms with E-state index in [4.69, 9.17) is 21.1 Å². The van der Waals surface area contributed by atoms with Crippen molar-refractivity contribution >= 4 is 40.8 Å². The molecule has 1 saturated heterocycles. The van der Waals surface area contributed by atoms with E-state index >= 15 is 0 Å². The van der Waals surface area contributed by atoms with Crippen molar-refractivity contribution in [2.45, 2.75) is 37.5 Å². The number of benzene rings is 2. The lowest BCUT2D eigenvalue weighted by atomic mass is 9.94. The first-order valence-corrected chi connectivity index (χ1v) is 11.5. The summed E-state index contributed by atoms with van der Waals surface area (Å²) in [5.74, 6) is 0.106. The Morgan fingerprint density at radius 1 is 1.12 bits per heavy atom. The number of likely N-dealkylation sites (N-methyl/N-ethyl adjacent to an activating group) is 1. The second-order valence-electron chi connectivity index (χ2n) is 8.35. The Bertz CT molecular complexity index is 1090. The van der Waals surface area contributed by atoms with Gasteiger partial charge < -0.3 is 30.3 Å². The predicted molar refractivity (Wildman–Crippen MR) is 128 cm³/mol. The highest BCUT2D eigenvalue weighted by Gasteiger charge is 2.39. The summed E-state index contributed by atoms with van der Waals surface area (Å²) in [6.07, 6.45) is 1.10. The molecule has 0 radical (unpaired) electrons. The molecule has 10 heteroatoms. The molecule has 3 atom stereocenters. The number of amides is 4. The van der Waals surface area contributed by atoms with Crippen LogP contribution in [0.1, 0.15) is 29.6 Å². The summed E-state index contributed by atoms with van der Waals surface area (Å²) in [5, 5.41) is 8.57. The molecule has 0 saturated carbocycles. The average Bonchev–Trinajstić information content (AvgIpc) is 2.81. The third kappa shape index (κ3) is 5.43. The lowest BCUT2D eigenvalue weighted by molar-refractivity contribution is -0.133. The van der Waals surface area contributed by atoms with Crippen molar-refractivity contribution in [1.29, 1.82) is 0 Å². The summed E-state index contributed by atoms with van der Waals surface area (Å²) in [6.45, 7) is 0.252. The van der Waals surface area contributed by atoms with Crippen LogP contribution in [0.4, 0.5) is 16.2 Å². The van der Waals surface area contributed by atoms with Crippen LogP contribution >= 0.6 is 11.6 Å². The molecule has 0 bridgehead atoms. The van der Waals surface area contributed by atoms with Gasteiger partial charge in [-0.25, -0.2) is 4.79 Å². The Kier molecular flexibility index (Phi) is 7.23. The van der Waals surface area contributed by atoms with Gasteiger partial charge in [0.15, 0.2) is 0 Å². The fourth-order valence-corrected chi connectivity index (χ4v) is 4.46. The lowest BCUT2D eigenvalue weighted by Gasteiger charge is -2.42. The smallest absolute Gasteiger partial charge is 0.323 e. The number of nitrogens with zero attached hydrogens (tertiary/aromatic N) is 1. The molecule has 2 aliphatic rings. The predicted octanol–water partition coefficient (Wildman–Crippen LogP) is 3.50. The number of hydrogen-bond acceptors (Lipinski definition) is 5. The maximum Gasteiger partial charge on any atom is 0.323 e. The molecule has 2 heterocycles. The quantitative estimate of drug-likeness (QED) is 0.613. The Hall–Kier alpha value is -3.30. The fourth-order valence-electron chi connectivity index (χ4n) is 4.27. The first-order chi connectivity index (χ1) is 16.3. The first kappa shape index (κ1) is 23.8. The van der Waals surface area contributed by atoms with Gasteiger partial charge in [0.2, 0.25) is 5.91 Å². The van der Waals surface area contributed by atoms with Crippen LogP contribution in [-0.4, -0.2) is 61.7 Å². The van der Waals surface area contributed by atoms with Crippen molar-refractivity contribution in [2.24, 2.45) is 0 Å². The van der Waals surface area contributed by atoms with Crippen LogP contribution in [-0.2, 0) is 9.53 Å². The van der Waals surface area contributed by atoms with Gasteiger partial charge in [0.1, 0.15) is 18.5 Å². The molecular formula is C24H27ClN4O5. The summed E-state index contributed by atoms with van der Waals surface area (Å²) in [4.78, 5) is 39.1. The summed E-state index contributed by atoms with van der Waals surface area (Å²) >= 11 is 5.96. The molecule has 0 aromatic heterocycles. The van der Waals surface area contributed by atoms with E-state index in [0.717, 1.165) is 0 Å². The van der Waals surface area contributed by atoms with Gasteiger partial charge in [-0.3, -0.25) is 9.59 Å². The van der Waals surface area contributed by atoms with E-state index in [1.807, 2.05) is 0 Å². The van der Waals surface area contributed by atoms with Crippen molar-refractivity contribution < 1.29 is 23.9 Å². The van der Waals surface area contributed by atoms with Crippen molar-refractivity contribution in [3.05, 3.63) is 53.1 Å². The Labute approximate surface area is 202 Å². The average molecular weight is 487 g/mol. The van der Waals surface area contributed by atoms with Gasteiger partial charge in [0.05, 0.1) is 24.1 Å². The topological polar surface area (TPSA) is 109 Å². The molecule has 2 aromatic rings. The van der Waals surface area contributed by atoms with Gasteiger partial charge >= 0.3 is 6.03 Å². The van der Waals surface area contributed by atoms with Crippen LogP contribution in [0.2, 0.25) is 5.02 Å². The second-order valence-corrected chi connectivity index (χ2v) is 8.78. The summed E-state index contributed by atoms with van der Waals surface area (Å²) in [7, 11) is 3.34. The Morgan fingerprint density at radius 2 is 1.88 bits per heavy atom. The number of hydrogen-bond donors (Lipinski definition) is 3. The van der Waals surface area contributed by atoms with Crippen LogP contribution in [0.3, 0.4) is 0 Å². The number of rotatable bonds is 4. The zero-order chi connectivity index (χ0) is 24.2. The monoisotopic (exact) mass is 486 g/mol. The van der Waals surface area contributed by atoms with Crippen molar-refractivity contribution in [2.75, 3.05) is 31.3 Å². The van der Waals surface area contributed by atoms with E-state index in [2.05, 4.69) is 16.0 Å². The van der Waals surface area contributed by atoms with Crippen LogP contribution < -0.4 is 20.7 Å². The molecule has 180 valence electrons. The number of ether oxygens (including phenoxy) is 2. The minimum Gasteiger partial charge on any atom is -0.490 e. The van der Waals surface area contributed by atoms with Gasteiger partial charge in [0.25, 0.3) is 5.91 Å². The molecule has 3 N–H and O–H groups in total. The number of halogens is 1. The molecule has 0 spiro atoms. The zero-order valence-corrected chi connectivity index (χ0v) is 19.7. The van der Waals surface area contributed by atoms with Crippen molar-refractivity contribution in [3.8, 4) is 5.75 Å². The van der Waals surface area contributed by atoms with E-state index in [1.165, 1.54) is 0 Å². The van der Waals surface area contributed by atoms with E-state index < -0.39 is 6.03 Å². The maximum absolute atomic E-state index is 13.3. The SMILES string of the molecule is CNC(=O)C[C@@H]1CC[C@@H]2[C@@H](COc3ccc(NC(=O)Nc4cccc(Cl)c4)cc3C(=O)N2C)O1. The minimum atomic E-state index is -0.460. The van der Waals surface area contributed by atoms with Gasteiger partial charge in [-0.05, 0) is 49.2 Å². The third-order valence-corrected chi connectivity index (χ3v) is 6.28. The number of nitrogens with one attached hydrogen (secondary N) is 3. The van der Waals surface area contributed by atoms with Crippen LogP contribution in [0.5, 0.6) is 5.75 Å². The van der Waals surface area contributed by atoms with Crippen LogP contribution in [0.15, 0.2) is 42.5 Å². The van der Waals surface area contributed by atoms with Gasteiger partial charge in [-0.2, -0.15) is 0 Å². The van der Waals surface area contributed by atoms with E-state index in [0.29, 0.717) is 40.6 Å². The second kappa shape index (κ2) is 10.3.